The van der Waals surface area contributed by atoms with Crippen molar-refractivity contribution >= 4 is 11.8 Å². The maximum absolute atomic E-state index is 4.75. The molecule has 1 atom stereocenters. The van der Waals surface area contributed by atoms with Crippen molar-refractivity contribution in [1.29, 1.82) is 0 Å². The summed E-state index contributed by atoms with van der Waals surface area (Å²) in [6, 6.07) is 4.68. The fourth-order valence-electron chi connectivity index (χ4n) is 3.22. The zero-order valence-corrected chi connectivity index (χ0v) is 15.5. The molecule has 1 saturated heterocycles. The molecule has 0 aliphatic carbocycles. The van der Waals surface area contributed by atoms with E-state index in [4.69, 9.17) is 4.99 Å². The molecule has 6 nitrogen and oxygen atoms in total. The van der Waals surface area contributed by atoms with Crippen LogP contribution >= 0.6 is 0 Å². The van der Waals surface area contributed by atoms with Gasteiger partial charge >= 0.3 is 0 Å². The van der Waals surface area contributed by atoms with E-state index in [-0.39, 0.29) is 0 Å². The molecule has 0 spiro atoms. The summed E-state index contributed by atoms with van der Waals surface area (Å²) in [5, 5.41) is 6.85. The van der Waals surface area contributed by atoms with Crippen molar-refractivity contribution in [1.82, 2.24) is 20.5 Å². The highest BCUT2D eigenvalue weighted by molar-refractivity contribution is 5.79. The number of rotatable bonds is 7. The monoisotopic (exact) mass is 332 g/mol. The average Bonchev–Trinajstić information content (AvgIpc) is 3.05. The van der Waals surface area contributed by atoms with Crippen molar-refractivity contribution in [2.24, 2.45) is 4.99 Å². The minimum atomic E-state index is 0.620. The largest absolute Gasteiger partial charge is 0.362 e. The second-order valence-corrected chi connectivity index (χ2v) is 6.38. The number of nitrogens with one attached hydrogen (secondary N) is 2. The first-order valence-corrected chi connectivity index (χ1v) is 9.03. The van der Waals surface area contributed by atoms with Crippen LogP contribution in [0.1, 0.15) is 32.3 Å². The second kappa shape index (κ2) is 9.47. The van der Waals surface area contributed by atoms with Gasteiger partial charge in [0.1, 0.15) is 5.82 Å². The van der Waals surface area contributed by atoms with Crippen LogP contribution in [0.3, 0.4) is 0 Å². The smallest absolute Gasteiger partial charge is 0.191 e. The Morgan fingerprint density at radius 3 is 2.92 bits per heavy atom. The molecule has 1 fully saturated rings. The Labute approximate surface area is 146 Å². The molecule has 1 unspecified atom stereocenters. The molecule has 0 aromatic carbocycles. The van der Waals surface area contributed by atoms with Gasteiger partial charge in [-0.25, -0.2) is 9.98 Å². The molecule has 2 N–H and O–H groups in total. The first-order chi connectivity index (χ1) is 11.7. The van der Waals surface area contributed by atoms with Crippen LogP contribution in [0.25, 0.3) is 0 Å². The minimum Gasteiger partial charge on any atom is -0.362 e. The van der Waals surface area contributed by atoms with Crippen LogP contribution in [0, 0.1) is 0 Å². The number of likely N-dealkylation sites (N-methyl/N-ethyl adjacent to an activating group) is 1. The number of hydrogen-bond acceptors (Lipinski definition) is 4. The number of pyridine rings is 1. The third-order valence-electron chi connectivity index (χ3n) is 4.45. The Bertz CT molecular complexity index is 528. The van der Waals surface area contributed by atoms with Crippen molar-refractivity contribution < 1.29 is 0 Å². The molecule has 1 aliphatic heterocycles. The van der Waals surface area contributed by atoms with Crippen LogP contribution in [0.5, 0.6) is 0 Å². The third kappa shape index (κ3) is 5.09. The Kier molecular flexibility index (Phi) is 7.31. The lowest BCUT2D eigenvalue weighted by molar-refractivity contribution is 0.267. The van der Waals surface area contributed by atoms with Gasteiger partial charge in [-0.15, -0.1) is 0 Å². The van der Waals surface area contributed by atoms with Gasteiger partial charge in [0.2, 0.25) is 0 Å². The lowest BCUT2D eigenvalue weighted by atomic mass is 10.2. The maximum Gasteiger partial charge on any atom is 0.191 e. The van der Waals surface area contributed by atoms with E-state index < -0.39 is 0 Å². The third-order valence-corrected chi connectivity index (χ3v) is 4.45. The number of aromatic nitrogens is 1. The van der Waals surface area contributed by atoms with Crippen molar-refractivity contribution in [3.05, 3.63) is 23.9 Å². The van der Waals surface area contributed by atoms with Gasteiger partial charge in [-0.3, -0.25) is 4.90 Å². The van der Waals surface area contributed by atoms with E-state index in [9.17, 15) is 0 Å². The van der Waals surface area contributed by atoms with Crippen LogP contribution in [0.2, 0.25) is 0 Å². The lowest BCUT2D eigenvalue weighted by Gasteiger charge is -2.24. The fraction of sp³-hybridized carbons (Fsp3) is 0.667. The van der Waals surface area contributed by atoms with Gasteiger partial charge in [-0.05, 0) is 38.9 Å². The van der Waals surface area contributed by atoms with Crippen molar-refractivity contribution in [2.75, 3.05) is 45.2 Å². The number of anilines is 1. The molecule has 134 valence electrons. The summed E-state index contributed by atoms with van der Waals surface area (Å²) in [7, 11) is 4.02. The van der Waals surface area contributed by atoms with Crippen LogP contribution < -0.4 is 15.5 Å². The summed E-state index contributed by atoms with van der Waals surface area (Å²) < 4.78 is 0. The Morgan fingerprint density at radius 2 is 2.21 bits per heavy atom. The second-order valence-electron chi connectivity index (χ2n) is 6.38. The van der Waals surface area contributed by atoms with E-state index >= 15 is 0 Å². The van der Waals surface area contributed by atoms with Gasteiger partial charge in [0.05, 0.1) is 6.54 Å². The quantitative estimate of drug-likeness (QED) is 0.588. The highest BCUT2D eigenvalue weighted by Gasteiger charge is 2.22. The number of hydrogen-bond donors (Lipinski definition) is 2. The molecule has 1 aliphatic rings. The van der Waals surface area contributed by atoms with Gasteiger partial charge in [-0.2, -0.15) is 0 Å². The minimum absolute atomic E-state index is 0.620. The van der Waals surface area contributed by atoms with E-state index in [1.807, 2.05) is 31.3 Å². The van der Waals surface area contributed by atoms with E-state index in [1.165, 1.54) is 19.4 Å². The standard InChI is InChI=1S/C18H32N6/c1-5-19-18(22-14-16-10-8-12-24(16)6-2)21-13-15-9-7-11-20-17(15)23(3)4/h7,9,11,16H,5-6,8,10,12-14H2,1-4H3,(H2,19,21,22). The van der Waals surface area contributed by atoms with Crippen LogP contribution in [0.4, 0.5) is 5.82 Å². The maximum atomic E-state index is 4.75. The van der Waals surface area contributed by atoms with Gasteiger partial charge in [0.25, 0.3) is 0 Å². The predicted octanol–water partition coefficient (Wildman–Crippen LogP) is 1.69. The van der Waals surface area contributed by atoms with E-state index in [1.54, 1.807) is 0 Å². The number of guanidine groups is 1. The zero-order chi connectivity index (χ0) is 17.4. The summed E-state index contributed by atoms with van der Waals surface area (Å²) in [5.41, 5.74) is 1.13. The molecular formula is C18H32N6. The van der Waals surface area contributed by atoms with E-state index in [0.29, 0.717) is 12.6 Å². The Hall–Kier alpha value is -1.82. The summed E-state index contributed by atoms with van der Waals surface area (Å²) in [6.07, 6.45) is 4.40. The highest BCUT2D eigenvalue weighted by atomic mass is 15.2. The lowest BCUT2D eigenvalue weighted by Crippen LogP contribution is -2.44. The fourth-order valence-corrected chi connectivity index (χ4v) is 3.22. The summed E-state index contributed by atoms with van der Waals surface area (Å²) in [5.74, 6) is 1.86. The van der Waals surface area contributed by atoms with Crippen molar-refractivity contribution in [3.63, 3.8) is 0 Å². The first kappa shape index (κ1) is 18.5. The van der Waals surface area contributed by atoms with Crippen molar-refractivity contribution in [2.45, 2.75) is 39.3 Å². The van der Waals surface area contributed by atoms with Crippen LogP contribution in [-0.4, -0.2) is 62.2 Å². The van der Waals surface area contributed by atoms with Gasteiger partial charge in [0.15, 0.2) is 5.96 Å². The summed E-state index contributed by atoms with van der Waals surface area (Å²) >= 11 is 0. The van der Waals surface area contributed by atoms with E-state index in [0.717, 1.165) is 37.0 Å². The molecule has 0 radical (unpaired) electrons. The number of aliphatic imine (C=N–C) groups is 1. The molecule has 1 aromatic heterocycles. The molecule has 2 heterocycles. The van der Waals surface area contributed by atoms with Crippen molar-refractivity contribution in [3.8, 4) is 0 Å². The predicted molar refractivity (Wildman–Crippen MR) is 102 cm³/mol. The molecule has 1 aromatic rings. The van der Waals surface area contributed by atoms with Crippen LogP contribution in [0.15, 0.2) is 23.3 Å². The first-order valence-electron chi connectivity index (χ1n) is 9.03. The highest BCUT2D eigenvalue weighted by Crippen LogP contribution is 2.16. The SMILES string of the molecule is CCNC(=NCc1cccnc1N(C)C)NCC1CCCN1CC. The normalized spacial score (nSPS) is 18.7. The topological polar surface area (TPSA) is 55.8 Å². The van der Waals surface area contributed by atoms with Gasteiger partial charge in [0, 0.05) is 45.0 Å². The summed E-state index contributed by atoms with van der Waals surface area (Å²) in [4.78, 5) is 13.8. The van der Waals surface area contributed by atoms with E-state index in [2.05, 4.69) is 40.4 Å². The molecule has 0 bridgehead atoms. The molecule has 24 heavy (non-hydrogen) atoms. The van der Waals surface area contributed by atoms with Crippen LogP contribution in [-0.2, 0) is 6.54 Å². The number of nitrogens with zero attached hydrogens (tertiary/aromatic N) is 4. The Morgan fingerprint density at radius 1 is 1.38 bits per heavy atom. The molecule has 0 amide bonds. The molecule has 6 heteroatoms. The summed E-state index contributed by atoms with van der Waals surface area (Å²) in [6.45, 7) is 9.12. The Balaban J connectivity index is 1.98. The average molecular weight is 332 g/mol. The zero-order valence-electron chi connectivity index (χ0n) is 15.5. The van der Waals surface area contributed by atoms with Gasteiger partial charge < -0.3 is 15.5 Å². The number of likely N-dealkylation sites (tertiary alicyclic amines) is 1. The molecular weight excluding hydrogens is 300 g/mol. The van der Waals surface area contributed by atoms with Gasteiger partial charge in [-0.1, -0.05) is 13.0 Å². The molecule has 0 saturated carbocycles. The molecule has 2 rings (SSSR count).